The number of nitrogens with two attached hydrogens (primary N) is 1. The van der Waals surface area contributed by atoms with Crippen molar-refractivity contribution in [3.8, 4) is 0 Å². The number of oxime groups is 1. The Bertz CT molecular complexity index is 1190. The van der Waals surface area contributed by atoms with Crippen LogP contribution in [-0.2, 0) is 28.8 Å². The first-order valence-corrected chi connectivity index (χ1v) is 12.7. The topological polar surface area (TPSA) is 176 Å². The predicted octanol–water partition coefficient (Wildman–Crippen LogP) is -3.78. The SMILES string of the molecule is CO/N=C(\C(=O)N[C@@H]1C(=O)N2C(C(=O)[O-])=C(CSC3=C(Cl)C(=O)OC3)CS[C@H]12)c1csc(N)n1.[Na+]. The molecule has 0 spiro atoms. The van der Waals surface area contributed by atoms with Crippen LogP contribution in [-0.4, -0.2) is 76.0 Å². The number of esters is 1. The molecule has 35 heavy (non-hydrogen) atoms. The van der Waals surface area contributed by atoms with E-state index in [9.17, 15) is 24.3 Å². The predicted molar refractivity (Wildman–Crippen MR) is 123 cm³/mol. The molecule has 3 aliphatic heterocycles. The van der Waals surface area contributed by atoms with Crippen molar-refractivity contribution in [3.63, 3.8) is 0 Å². The fourth-order valence-electron chi connectivity index (χ4n) is 3.34. The summed E-state index contributed by atoms with van der Waals surface area (Å²) in [7, 11) is 1.25. The maximum atomic E-state index is 12.8. The molecule has 0 bridgehead atoms. The number of thioether (sulfide) groups is 2. The van der Waals surface area contributed by atoms with Crippen LogP contribution in [0.15, 0.2) is 31.7 Å². The van der Waals surface area contributed by atoms with Gasteiger partial charge in [0.1, 0.15) is 35.9 Å². The van der Waals surface area contributed by atoms with Gasteiger partial charge in [0.2, 0.25) is 0 Å². The van der Waals surface area contributed by atoms with Gasteiger partial charge in [-0.2, -0.15) is 0 Å². The summed E-state index contributed by atoms with van der Waals surface area (Å²) in [6.45, 7) is 0.0127. The van der Waals surface area contributed by atoms with Crippen LogP contribution in [0.3, 0.4) is 0 Å². The van der Waals surface area contributed by atoms with Gasteiger partial charge in [-0.3, -0.25) is 14.5 Å². The molecule has 3 aliphatic rings. The van der Waals surface area contributed by atoms with Gasteiger partial charge in [-0.25, -0.2) is 9.78 Å². The molecule has 4 rings (SSSR count). The number of ether oxygens (including phenoxy) is 1. The summed E-state index contributed by atoms with van der Waals surface area (Å²) in [5.41, 5.74) is 5.79. The van der Waals surface area contributed by atoms with E-state index in [1.165, 1.54) is 24.3 Å². The van der Waals surface area contributed by atoms with E-state index in [2.05, 4.69) is 15.5 Å². The Morgan fingerprint density at radius 3 is 2.80 bits per heavy atom. The van der Waals surface area contributed by atoms with Gasteiger partial charge in [0, 0.05) is 21.8 Å². The number of fused-ring (bicyclic) bond motifs is 1. The molecule has 0 aliphatic carbocycles. The first-order chi connectivity index (χ1) is 16.2. The molecule has 0 radical (unpaired) electrons. The van der Waals surface area contributed by atoms with Crippen molar-refractivity contribution in [2.24, 2.45) is 5.16 Å². The molecule has 1 fully saturated rings. The summed E-state index contributed by atoms with van der Waals surface area (Å²) < 4.78 is 4.83. The molecule has 2 atom stereocenters. The zero-order chi connectivity index (χ0) is 24.6. The van der Waals surface area contributed by atoms with Crippen molar-refractivity contribution >= 4 is 81.1 Å². The van der Waals surface area contributed by atoms with E-state index >= 15 is 0 Å². The van der Waals surface area contributed by atoms with Crippen molar-refractivity contribution in [1.29, 1.82) is 0 Å². The summed E-state index contributed by atoms with van der Waals surface area (Å²) in [4.78, 5) is 59.2. The summed E-state index contributed by atoms with van der Waals surface area (Å²) in [5.74, 6) is -3.06. The number of hydrogen-bond donors (Lipinski definition) is 2. The van der Waals surface area contributed by atoms with E-state index in [1.54, 1.807) is 0 Å². The normalized spacial score (nSPS) is 21.8. The molecule has 1 aromatic heterocycles. The summed E-state index contributed by atoms with van der Waals surface area (Å²) in [6.07, 6.45) is 0. The number of nitrogens with one attached hydrogen (secondary N) is 1. The maximum absolute atomic E-state index is 12.8. The number of carbonyl (C=O) groups is 4. The van der Waals surface area contributed by atoms with E-state index in [0.717, 1.165) is 28.0 Å². The number of nitrogen functional groups attached to an aromatic ring is 1. The van der Waals surface area contributed by atoms with Gasteiger partial charge < -0.3 is 30.5 Å². The van der Waals surface area contributed by atoms with Crippen LogP contribution >= 0.6 is 46.5 Å². The maximum Gasteiger partial charge on any atom is 1.00 e. The molecule has 0 unspecified atom stereocenters. The molecular formula is C18H15ClN5NaO7S3. The van der Waals surface area contributed by atoms with Gasteiger partial charge in [-0.1, -0.05) is 16.8 Å². The second kappa shape index (κ2) is 11.5. The van der Waals surface area contributed by atoms with Gasteiger partial charge in [-0.05, 0) is 5.57 Å². The molecule has 1 saturated heterocycles. The van der Waals surface area contributed by atoms with Crippen molar-refractivity contribution in [2.75, 3.05) is 31.0 Å². The van der Waals surface area contributed by atoms with Crippen LogP contribution in [0.2, 0.25) is 0 Å². The Hall–Kier alpha value is -1.75. The number of carboxylic acid groups (broad SMARTS) is 1. The molecule has 0 aromatic carbocycles. The van der Waals surface area contributed by atoms with Crippen molar-refractivity contribution in [1.82, 2.24) is 15.2 Å². The largest absolute Gasteiger partial charge is 1.00 e. The number of cyclic esters (lactones) is 1. The number of hydrogen-bond acceptors (Lipinski definition) is 13. The standard InChI is InChI=1S/C18H16ClN5O7S3.Na/c1-30-23-10(7-5-34-18(20)21-7)13(25)22-11-14(26)24-12(16(27)28)6(4-33-15(11)24)3-32-8-2-31-17(29)9(8)19;/h5,11,15H,2-4H2,1H3,(H2,20,21)(H,22,25)(H,27,28);/q;+1/p-1/b23-10-;/t11-,15-;/m1./s1. The van der Waals surface area contributed by atoms with E-state index in [1.807, 2.05) is 0 Å². The van der Waals surface area contributed by atoms with Crippen LogP contribution in [0.5, 0.6) is 0 Å². The quantitative estimate of drug-likeness (QED) is 0.104. The fraction of sp³-hybridized carbons (Fsp3) is 0.333. The third-order valence-corrected chi connectivity index (χ3v) is 8.54. The van der Waals surface area contributed by atoms with E-state index < -0.39 is 35.2 Å². The smallest absolute Gasteiger partial charge is 0.543 e. The monoisotopic (exact) mass is 567 g/mol. The number of β-lactam (4-membered cyclic amide) rings is 1. The Morgan fingerprint density at radius 2 is 2.23 bits per heavy atom. The van der Waals surface area contributed by atoms with Crippen molar-refractivity contribution in [2.45, 2.75) is 11.4 Å². The minimum Gasteiger partial charge on any atom is -0.543 e. The molecule has 1 aromatic rings. The van der Waals surface area contributed by atoms with E-state index in [0.29, 0.717) is 10.5 Å². The average molecular weight is 568 g/mol. The third kappa shape index (κ3) is 5.50. The fourth-order valence-corrected chi connectivity index (χ4v) is 6.57. The van der Waals surface area contributed by atoms with Crippen molar-refractivity contribution in [3.05, 3.63) is 32.3 Å². The molecule has 180 valence electrons. The number of aliphatic carboxylic acids is 1. The zero-order valence-corrected chi connectivity index (χ0v) is 23.4. The number of amides is 2. The van der Waals surface area contributed by atoms with Crippen LogP contribution in [0.1, 0.15) is 5.69 Å². The average Bonchev–Trinajstić information content (AvgIpc) is 3.38. The number of carbonyl (C=O) groups excluding carboxylic acids is 4. The van der Waals surface area contributed by atoms with E-state index in [-0.39, 0.29) is 74.9 Å². The number of rotatable bonds is 8. The number of anilines is 1. The summed E-state index contributed by atoms with van der Waals surface area (Å²) >= 11 is 9.44. The number of thiazole rings is 1. The number of carboxylic acids is 1. The molecule has 12 nitrogen and oxygen atoms in total. The Balaban J connectivity index is 0.00000342. The Kier molecular flexibility index (Phi) is 9.17. The molecule has 17 heteroatoms. The second-order valence-electron chi connectivity index (χ2n) is 6.90. The minimum atomic E-state index is -1.52. The summed E-state index contributed by atoms with van der Waals surface area (Å²) in [6, 6.07) is -0.989. The van der Waals surface area contributed by atoms with Crippen LogP contribution in [0.25, 0.3) is 0 Å². The third-order valence-electron chi connectivity index (χ3n) is 4.87. The van der Waals surface area contributed by atoms with Crippen molar-refractivity contribution < 1.29 is 63.4 Å². The Labute approximate surface area is 237 Å². The molecule has 2 amide bonds. The molecular weight excluding hydrogens is 553 g/mol. The first kappa shape index (κ1) is 27.8. The van der Waals surface area contributed by atoms with Gasteiger partial charge >= 0.3 is 35.5 Å². The molecule has 0 saturated carbocycles. The zero-order valence-electron chi connectivity index (χ0n) is 18.2. The second-order valence-corrected chi connectivity index (χ2v) is 10.3. The van der Waals surface area contributed by atoms with Gasteiger partial charge in [-0.15, -0.1) is 34.9 Å². The van der Waals surface area contributed by atoms with Gasteiger partial charge in [0.05, 0.1) is 11.7 Å². The summed E-state index contributed by atoms with van der Waals surface area (Å²) in [5, 5.41) is 19.2. The Morgan fingerprint density at radius 1 is 1.49 bits per heavy atom. The van der Waals surface area contributed by atoms with Crippen LogP contribution < -0.4 is 45.7 Å². The number of halogens is 1. The van der Waals surface area contributed by atoms with Gasteiger partial charge in [0.25, 0.3) is 11.8 Å². The first-order valence-electron chi connectivity index (χ1n) is 9.43. The van der Waals surface area contributed by atoms with E-state index in [4.69, 9.17) is 26.9 Å². The van der Waals surface area contributed by atoms with Crippen LogP contribution in [0.4, 0.5) is 5.13 Å². The molecule has 3 N–H and O–H groups in total. The minimum absolute atomic E-state index is 0. The molecule has 4 heterocycles. The number of aromatic nitrogens is 1. The van der Waals surface area contributed by atoms with Crippen LogP contribution in [0, 0.1) is 0 Å². The van der Waals surface area contributed by atoms with Gasteiger partial charge in [0.15, 0.2) is 10.8 Å². The number of nitrogens with zero attached hydrogens (tertiary/aromatic N) is 3.